The van der Waals surface area contributed by atoms with Gasteiger partial charge in [-0.15, -0.1) is 0 Å². The van der Waals surface area contributed by atoms with E-state index in [-0.39, 0.29) is 11.8 Å². The zero-order valence-electron chi connectivity index (χ0n) is 14.5. The first-order valence-electron chi connectivity index (χ1n) is 8.21. The molecule has 6 nitrogen and oxygen atoms in total. The Labute approximate surface area is 149 Å². The lowest BCUT2D eigenvalue weighted by atomic mass is 9.97. The number of carbonyl (C=O) groups is 4. The van der Waals surface area contributed by atoms with E-state index in [4.69, 9.17) is 0 Å². The first-order chi connectivity index (χ1) is 12.2. The number of hydrogen-bond acceptors (Lipinski definition) is 4. The third-order valence-electron chi connectivity index (χ3n) is 4.63. The van der Waals surface area contributed by atoms with Gasteiger partial charge in [-0.1, -0.05) is 12.1 Å². The van der Waals surface area contributed by atoms with E-state index >= 15 is 0 Å². The number of fused-ring (bicyclic) bond motifs is 2. The van der Waals surface area contributed by atoms with Crippen LogP contribution in [0.5, 0.6) is 0 Å². The van der Waals surface area contributed by atoms with Gasteiger partial charge in [0.2, 0.25) is 0 Å². The van der Waals surface area contributed by atoms with E-state index in [0.29, 0.717) is 33.4 Å². The van der Waals surface area contributed by atoms with Crippen LogP contribution in [0.3, 0.4) is 0 Å². The summed E-state index contributed by atoms with van der Waals surface area (Å²) in [4.78, 5) is 50.0. The van der Waals surface area contributed by atoms with Gasteiger partial charge in [-0.2, -0.15) is 0 Å². The topological polar surface area (TPSA) is 83.6 Å². The maximum atomic E-state index is 12.7. The van der Waals surface area contributed by atoms with Gasteiger partial charge in [-0.3, -0.25) is 29.4 Å². The van der Waals surface area contributed by atoms with Crippen molar-refractivity contribution in [2.75, 3.05) is 0 Å². The molecular formula is C20H16N2O4. The fourth-order valence-electron chi connectivity index (χ4n) is 3.38. The largest absolute Gasteiger partial charge is 0.288 e. The molecule has 0 aliphatic carbocycles. The SMILES string of the molecule is CC(C)(C)N1C(=O)c2ccc(-c3ccc4c(c3)C(=O)NC4=O)cc2C1=O. The molecule has 2 aromatic rings. The summed E-state index contributed by atoms with van der Waals surface area (Å²) >= 11 is 0. The summed E-state index contributed by atoms with van der Waals surface area (Å²) in [5.41, 5.74) is 2.17. The quantitative estimate of drug-likeness (QED) is 0.803. The van der Waals surface area contributed by atoms with Crippen molar-refractivity contribution in [1.82, 2.24) is 10.2 Å². The van der Waals surface area contributed by atoms with E-state index in [0.717, 1.165) is 0 Å². The molecule has 2 aliphatic rings. The highest BCUT2D eigenvalue weighted by Crippen LogP contribution is 2.33. The van der Waals surface area contributed by atoms with Gasteiger partial charge in [0.05, 0.1) is 22.3 Å². The van der Waals surface area contributed by atoms with Crippen molar-refractivity contribution >= 4 is 23.6 Å². The predicted octanol–water partition coefficient (Wildman–Crippen LogP) is 2.63. The lowest BCUT2D eigenvalue weighted by molar-refractivity contribution is 0.0507. The minimum absolute atomic E-state index is 0.303. The zero-order chi connectivity index (χ0) is 18.8. The van der Waals surface area contributed by atoms with Gasteiger partial charge >= 0.3 is 0 Å². The van der Waals surface area contributed by atoms with Gasteiger partial charge in [0.25, 0.3) is 23.6 Å². The van der Waals surface area contributed by atoms with Crippen LogP contribution in [0.15, 0.2) is 36.4 Å². The molecule has 1 N–H and O–H groups in total. The Balaban J connectivity index is 1.79. The van der Waals surface area contributed by atoms with Gasteiger partial charge in [0.15, 0.2) is 0 Å². The van der Waals surface area contributed by atoms with Crippen molar-refractivity contribution in [3.8, 4) is 11.1 Å². The van der Waals surface area contributed by atoms with E-state index in [1.165, 1.54) is 4.90 Å². The molecular weight excluding hydrogens is 332 g/mol. The summed E-state index contributed by atoms with van der Waals surface area (Å²) in [6, 6.07) is 9.98. The number of benzene rings is 2. The Hall–Kier alpha value is -3.28. The monoisotopic (exact) mass is 348 g/mol. The molecule has 6 heteroatoms. The molecule has 4 amide bonds. The van der Waals surface area contributed by atoms with Crippen molar-refractivity contribution in [1.29, 1.82) is 0 Å². The van der Waals surface area contributed by atoms with Gasteiger partial charge in [0, 0.05) is 5.54 Å². The van der Waals surface area contributed by atoms with Gasteiger partial charge in [-0.25, -0.2) is 0 Å². The first kappa shape index (κ1) is 16.2. The number of amides is 4. The number of imide groups is 2. The molecule has 2 heterocycles. The molecule has 4 rings (SSSR count). The maximum absolute atomic E-state index is 12.7. The maximum Gasteiger partial charge on any atom is 0.262 e. The molecule has 0 spiro atoms. The average Bonchev–Trinajstić information content (AvgIpc) is 3.00. The van der Waals surface area contributed by atoms with E-state index < -0.39 is 17.4 Å². The molecule has 0 radical (unpaired) electrons. The normalized spacial score (nSPS) is 16.0. The summed E-state index contributed by atoms with van der Waals surface area (Å²) < 4.78 is 0. The van der Waals surface area contributed by atoms with Gasteiger partial charge in [-0.05, 0) is 56.2 Å². The first-order valence-corrected chi connectivity index (χ1v) is 8.21. The van der Waals surface area contributed by atoms with Crippen molar-refractivity contribution in [2.45, 2.75) is 26.3 Å². The number of carbonyl (C=O) groups excluding carboxylic acids is 4. The molecule has 2 aliphatic heterocycles. The lowest BCUT2D eigenvalue weighted by Gasteiger charge is -2.29. The summed E-state index contributed by atoms with van der Waals surface area (Å²) in [7, 11) is 0. The van der Waals surface area contributed by atoms with Crippen LogP contribution in [0.25, 0.3) is 11.1 Å². The van der Waals surface area contributed by atoms with Crippen LogP contribution in [-0.4, -0.2) is 34.1 Å². The van der Waals surface area contributed by atoms with E-state index in [2.05, 4.69) is 5.32 Å². The second-order valence-electron chi connectivity index (χ2n) is 7.42. The summed E-state index contributed by atoms with van der Waals surface area (Å²) in [6.07, 6.45) is 0. The van der Waals surface area contributed by atoms with E-state index in [9.17, 15) is 19.2 Å². The molecule has 0 saturated carbocycles. The third-order valence-corrected chi connectivity index (χ3v) is 4.63. The predicted molar refractivity (Wildman–Crippen MR) is 93.9 cm³/mol. The van der Waals surface area contributed by atoms with Crippen LogP contribution in [-0.2, 0) is 0 Å². The molecule has 2 aromatic carbocycles. The lowest BCUT2D eigenvalue weighted by Crippen LogP contribution is -2.45. The van der Waals surface area contributed by atoms with Crippen LogP contribution >= 0.6 is 0 Å². The Bertz CT molecular complexity index is 1030. The molecule has 0 atom stereocenters. The third kappa shape index (κ3) is 2.19. The number of hydrogen-bond donors (Lipinski definition) is 1. The highest BCUT2D eigenvalue weighted by Gasteiger charge is 2.41. The van der Waals surface area contributed by atoms with Crippen molar-refractivity contribution < 1.29 is 19.2 Å². The summed E-state index contributed by atoms with van der Waals surface area (Å²) in [6.45, 7) is 5.43. The second-order valence-corrected chi connectivity index (χ2v) is 7.42. The molecule has 26 heavy (non-hydrogen) atoms. The van der Waals surface area contributed by atoms with Gasteiger partial charge < -0.3 is 0 Å². The second kappa shape index (κ2) is 5.11. The molecule has 130 valence electrons. The Morgan fingerprint density at radius 2 is 1.19 bits per heavy atom. The minimum Gasteiger partial charge on any atom is -0.288 e. The van der Waals surface area contributed by atoms with Crippen molar-refractivity contribution in [2.24, 2.45) is 0 Å². The Morgan fingerprint density at radius 3 is 1.81 bits per heavy atom. The molecule has 0 unspecified atom stereocenters. The van der Waals surface area contributed by atoms with Gasteiger partial charge in [0.1, 0.15) is 0 Å². The number of rotatable bonds is 1. The molecule has 0 saturated heterocycles. The van der Waals surface area contributed by atoms with Crippen LogP contribution in [0, 0.1) is 0 Å². The van der Waals surface area contributed by atoms with Crippen LogP contribution in [0.2, 0.25) is 0 Å². The summed E-state index contributed by atoms with van der Waals surface area (Å²) in [5, 5.41) is 2.25. The Kier molecular flexibility index (Phi) is 3.18. The minimum atomic E-state index is -0.612. The zero-order valence-corrected chi connectivity index (χ0v) is 14.5. The van der Waals surface area contributed by atoms with Crippen LogP contribution < -0.4 is 5.32 Å². The van der Waals surface area contributed by atoms with Crippen molar-refractivity contribution in [3.05, 3.63) is 58.7 Å². The van der Waals surface area contributed by atoms with Crippen LogP contribution in [0.4, 0.5) is 0 Å². The summed E-state index contributed by atoms with van der Waals surface area (Å²) in [5.74, 6) is -1.47. The fraction of sp³-hybridized carbons (Fsp3) is 0.200. The fourth-order valence-corrected chi connectivity index (χ4v) is 3.38. The van der Waals surface area contributed by atoms with Crippen LogP contribution in [0.1, 0.15) is 62.2 Å². The number of nitrogens with zero attached hydrogens (tertiary/aromatic N) is 1. The standard InChI is InChI=1S/C20H16N2O4/c1-20(2,3)22-18(25)13-7-5-11(9-15(13)19(22)26)10-4-6-12-14(8-10)17(24)21-16(12)23/h4-9H,1-3H3,(H,21,23,24). The molecule has 0 aromatic heterocycles. The molecule has 0 fully saturated rings. The Morgan fingerprint density at radius 1 is 0.692 bits per heavy atom. The molecule has 0 bridgehead atoms. The van der Waals surface area contributed by atoms with E-state index in [1.54, 1.807) is 36.4 Å². The van der Waals surface area contributed by atoms with Crippen molar-refractivity contribution in [3.63, 3.8) is 0 Å². The smallest absolute Gasteiger partial charge is 0.262 e. The van der Waals surface area contributed by atoms with E-state index in [1.807, 2.05) is 20.8 Å². The number of nitrogens with one attached hydrogen (secondary N) is 1. The average molecular weight is 348 g/mol. The highest BCUT2D eigenvalue weighted by molar-refractivity contribution is 6.23. The highest BCUT2D eigenvalue weighted by atomic mass is 16.2.